The lowest BCUT2D eigenvalue weighted by atomic mass is 10.1. The highest BCUT2D eigenvalue weighted by molar-refractivity contribution is 6.32. The van der Waals surface area contributed by atoms with Crippen LogP contribution in [0.2, 0.25) is 5.02 Å². The van der Waals surface area contributed by atoms with E-state index in [1.54, 1.807) is 6.92 Å². The van der Waals surface area contributed by atoms with Crippen LogP contribution in [0.1, 0.15) is 18.1 Å². The van der Waals surface area contributed by atoms with Gasteiger partial charge in [-0.2, -0.15) is 0 Å². The van der Waals surface area contributed by atoms with Gasteiger partial charge in [0.15, 0.2) is 6.10 Å². The first-order chi connectivity index (χ1) is 11.3. The zero-order valence-electron chi connectivity index (χ0n) is 13.5. The molecule has 0 aliphatic rings. The van der Waals surface area contributed by atoms with Crippen LogP contribution in [0.3, 0.4) is 0 Å². The summed E-state index contributed by atoms with van der Waals surface area (Å²) in [4.78, 5) is 22.6. The van der Waals surface area contributed by atoms with Crippen LogP contribution in [0.15, 0.2) is 36.4 Å². The van der Waals surface area contributed by atoms with E-state index < -0.39 is 16.9 Å². The molecule has 0 fully saturated rings. The molecule has 1 amide bonds. The van der Waals surface area contributed by atoms with Crippen LogP contribution in [0.4, 0.5) is 11.4 Å². The molecular weight excluding hydrogens is 332 g/mol. The van der Waals surface area contributed by atoms with Gasteiger partial charge in [-0.25, -0.2) is 0 Å². The SMILES string of the molecule is Cc1cccc(C)c1OC(C)C(=O)Nc1ccc(Cl)c([N+](=O)[O-])c1. The lowest BCUT2D eigenvalue weighted by Gasteiger charge is -2.18. The molecule has 0 radical (unpaired) electrons. The third-order valence-electron chi connectivity index (χ3n) is 3.48. The Hall–Kier alpha value is -2.60. The highest BCUT2D eigenvalue weighted by Gasteiger charge is 2.19. The van der Waals surface area contributed by atoms with Gasteiger partial charge in [-0.15, -0.1) is 0 Å². The van der Waals surface area contributed by atoms with Crippen LogP contribution in [0, 0.1) is 24.0 Å². The van der Waals surface area contributed by atoms with E-state index in [0.717, 1.165) is 11.1 Å². The maximum absolute atomic E-state index is 12.3. The van der Waals surface area contributed by atoms with E-state index in [-0.39, 0.29) is 16.4 Å². The minimum Gasteiger partial charge on any atom is -0.480 e. The number of anilines is 1. The highest BCUT2D eigenvalue weighted by atomic mass is 35.5. The Bertz CT molecular complexity index is 772. The summed E-state index contributed by atoms with van der Waals surface area (Å²) in [5, 5.41) is 13.5. The molecule has 24 heavy (non-hydrogen) atoms. The number of nitro groups is 1. The first-order valence-electron chi connectivity index (χ1n) is 7.27. The molecule has 0 saturated carbocycles. The van der Waals surface area contributed by atoms with Crippen LogP contribution >= 0.6 is 11.6 Å². The summed E-state index contributed by atoms with van der Waals surface area (Å²) >= 11 is 5.75. The number of aryl methyl sites for hydroxylation is 2. The summed E-state index contributed by atoms with van der Waals surface area (Å²) < 4.78 is 5.74. The topological polar surface area (TPSA) is 81.5 Å². The van der Waals surface area contributed by atoms with Gasteiger partial charge in [-0.3, -0.25) is 14.9 Å². The number of para-hydroxylation sites is 1. The lowest BCUT2D eigenvalue weighted by Crippen LogP contribution is -2.30. The van der Waals surface area contributed by atoms with Crippen molar-refractivity contribution >= 4 is 28.9 Å². The summed E-state index contributed by atoms with van der Waals surface area (Å²) in [6.07, 6.45) is -0.764. The molecule has 6 nitrogen and oxygen atoms in total. The van der Waals surface area contributed by atoms with Crippen LogP contribution in [-0.4, -0.2) is 16.9 Å². The first-order valence-corrected chi connectivity index (χ1v) is 7.65. The zero-order chi connectivity index (χ0) is 17.9. The van der Waals surface area contributed by atoms with Crippen molar-refractivity contribution in [3.8, 4) is 5.75 Å². The molecule has 126 valence electrons. The second-order valence-corrected chi connectivity index (χ2v) is 5.80. The number of nitrogens with zero attached hydrogens (tertiary/aromatic N) is 1. The number of hydrogen-bond acceptors (Lipinski definition) is 4. The second-order valence-electron chi connectivity index (χ2n) is 5.39. The number of halogens is 1. The molecule has 0 heterocycles. The quantitative estimate of drug-likeness (QED) is 0.646. The number of ether oxygens (including phenoxy) is 1. The second kappa shape index (κ2) is 7.31. The van der Waals surface area contributed by atoms with Crippen molar-refractivity contribution in [2.75, 3.05) is 5.32 Å². The largest absolute Gasteiger partial charge is 0.480 e. The molecule has 7 heteroatoms. The van der Waals surface area contributed by atoms with E-state index in [1.807, 2.05) is 32.0 Å². The molecule has 0 aliphatic carbocycles. The van der Waals surface area contributed by atoms with Gasteiger partial charge in [0.2, 0.25) is 0 Å². The number of nitro benzene ring substituents is 1. The minimum absolute atomic E-state index is 0.0119. The normalized spacial score (nSPS) is 11.7. The molecule has 1 unspecified atom stereocenters. The Kier molecular flexibility index (Phi) is 5.41. The monoisotopic (exact) mass is 348 g/mol. The van der Waals surface area contributed by atoms with Gasteiger partial charge in [-0.1, -0.05) is 29.8 Å². The van der Waals surface area contributed by atoms with Crippen molar-refractivity contribution in [3.05, 3.63) is 62.7 Å². The summed E-state index contributed by atoms with van der Waals surface area (Å²) in [6.45, 7) is 5.41. The van der Waals surface area contributed by atoms with E-state index in [0.29, 0.717) is 5.75 Å². The van der Waals surface area contributed by atoms with E-state index in [1.165, 1.54) is 18.2 Å². The maximum Gasteiger partial charge on any atom is 0.289 e. The fourth-order valence-corrected chi connectivity index (χ4v) is 2.38. The summed E-state index contributed by atoms with van der Waals surface area (Å²) in [6, 6.07) is 9.79. The lowest BCUT2D eigenvalue weighted by molar-refractivity contribution is -0.384. The van der Waals surface area contributed by atoms with Gasteiger partial charge in [-0.05, 0) is 44.0 Å². The van der Waals surface area contributed by atoms with Crippen molar-refractivity contribution in [1.82, 2.24) is 0 Å². The number of hydrogen-bond donors (Lipinski definition) is 1. The molecule has 1 N–H and O–H groups in total. The van der Waals surface area contributed by atoms with Gasteiger partial charge < -0.3 is 10.1 Å². The number of benzene rings is 2. The Balaban J connectivity index is 2.12. The molecule has 0 saturated heterocycles. The van der Waals surface area contributed by atoms with Crippen molar-refractivity contribution in [2.45, 2.75) is 26.9 Å². The Morgan fingerprint density at radius 1 is 1.25 bits per heavy atom. The van der Waals surface area contributed by atoms with Crippen molar-refractivity contribution in [2.24, 2.45) is 0 Å². The number of rotatable bonds is 5. The van der Waals surface area contributed by atoms with E-state index >= 15 is 0 Å². The van der Waals surface area contributed by atoms with Gasteiger partial charge in [0.1, 0.15) is 10.8 Å². The predicted molar refractivity (Wildman–Crippen MR) is 92.7 cm³/mol. The van der Waals surface area contributed by atoms with Crippen molar-refractivity contribution in [3.63, 3.8) is 0 Å². The first kappa shape index (κ1) is 17.7. The van der Waals surface area contributed by atoms with E-state index in [4.69, 9.17) is 16.3 Å². The molecule has 1 atom stereocenters. The van der Waals surface area contributed by atoms with Crippen LogP contribution in [0.25, 0.3) is 0 Å². The van der Waals surface area contributed by atoms with Gasteiger partial charge >= 0.3 is 0 Å². The van der Waals surface area contributed by atoms with Gasteiger partial charge in [0, 0.05) is 11.8 Å². The van der Waals surface area contributed by atoms with Crippen LogP contribution < -0.4 is 10.1 Å². The zero-order valence-corrected chi connectivity index (χ0v) is 14.3. The molecule has 0 aromatic heterocycles. The van der Waals surface area contributed by atoms with Crippen LogP contribution in [-0.2, 0) is 4.79 Å². The highest BCUT2D eigenvalue weighted by Crippen LogP contribution is 2.28. The molecular formula is C17H17ClN2O4. The Labute approximate surface area is 144 Å². The predicted octanol–water partition coefficient (Wildman–Crippen LogP) is 4.27. The fraction of sp³-hybridized carbons (Fsp3) is 0.235. The fourth-order valence-electron chi connectivity index (χ4n) is 2.19. The number of carbonyl (C=O) groups excluding carboxylic acids is 1. The standard InChI is InChI=1S/C17H17ClN2O4/c1-10-5-4-6-11(2)16(10)24-12(3)17(21)19-13-7-8-14(18)15(9-13)20(22)23/h4-9,12H,1-3H3,(H,19,21). The molecule has 2 aromatic rings. The maximum atomic E-state index is 12.3. The molecule has 2 aromatic carbocycles. The van der Waals surface area contributed by atoms with Crippen molar-refractivity contribution < 1.29 is 14.5 Å². The summed E-state index contributed by atoms with van der Waals surface area (Å²) in [7, 11) is 0. The van der Waals surface area contributed by atoms with E-state index in [2.05, 4.69) is 5.32 Å². The minimum atomic E-state index is -0.764. The number of amides is 1. The average Bonchev–Trinajstić information content (AvgIpc) is 2.52. The third kappa shape index (κ3) is 4.02. The average molecular weight is 349 g/mol. The number of nitrogens with one attached hydrogen (secondary N) is 1. The summed E-state index contributed by atoms with van der Waals surface area (Å²) in [5.41, 5.74) is 1.87. The van der Waals surface area contributed by atoms with Crippen molar-refractivity contribution in [1.29, 1.82) is 0 Å². The van der Waals surface area contributed by atoms with Gasteiger partial charge in [0.05, 0.1) is 4.92 Å². The number of carbonyl (C=O) groups is 1. The Morgan fingerprint density at radius 3 is 2.46 bits per heavy atom. The summed E-state index contributed by atoms with van der Waals surface area (Å²) in [5.74, 6) is 0.247. The smallest absolute Gasteiger partial charge is 0.289 e. The van der Waals surface area contributed by atoms with Gasteiger partial charge in [0.25, 0.3) is 11.6 Å². The molecule has 0 spiro atoms. The molecule has 0 aliphatic heterocycles. The molecule has 2 rings (SSSR count). The van der Waals surface area contributed by atoms with E-state index in [9.17, 15) is 14.9 Å². The Morgan fingerprint density at radius 2 is 1.88 bits per heavy atom. The van der Waals surface area contributed by atoms with Crippen LogP contribution in [0.5, 0.6) is 5.75 Å². The molecule has 0 bridgehead atoms. The third-order valence-corrected chi connectivity index (χ3v) is 3.80.